The molecular weight excluding hydrogens is 221 g/mol. The Bertz CT molecular complexity index is 587. The summed E-state index contributed by atoms with van der Waals surface area (Å²) in [5.41, 5.74) is 1.03. The Morgan fingerprint density at radius 2 is 1.88 bits per heavy atom. The number of aliphatic imine (C=N–C) groups is 1. The molecule has 2 aromatic rings. The summed E-state index contributed by atoms with van der Waals surface area (Å²) in [7, 11) is 0. The fourth-order valence-corrected chi connectivity index (χ4v) is 1.70. The van der Waals surface area contributed by atoms with Crippen molar-refractivity contribution in [3.05, 3.63) is 30.3 Å². The second-order valence-corrected chi connectivity index (χ2v) is 3.64. The van der Waals surface area contributed by atoms with Crippen LogP contribution in [0.3, 0.4) is 0 Å². The Labute approximate surface area is 96.8 Å². The number of nitrogens with zero attached hydrogens (tertiary/aromatic N) is 3. The molecule has 2 N–H and O–H groups in total. The van der Waals surface area contributed by atoms with Gasteiger partial charge in [-0.3, -0.25) is 4.98 Å². The smallest absolute Gasteiger partial charge is 0.196 e. The van der Waals surface area contributed by atoms with Crippen molar-refractivity contribution in [2.45, 2.75) is 0 Å². The number of rotatable bonds is 1. The van der Waals surface area contributed by atoms with Crippen LogP contribution in [0.2, 0.25) is 0 Å². The molecule has 5 nitrogen and oxygen atoms in total. The van der Waals surface area contributed by atoms with Crippen LogP contribution in [0.4, 0.5) is 10.1 Å². The van der Waals surface area contributed by atoms with Gasteiger partial charge >= 0.3 is 0 Å². The van der Waals surface area contributed by atoms with Gasteiger partial charge in [0, 0.05) is 25.5 Å². The van der Waals surface area contributed by atoms with Crippen molar-refractivity contribution in [1.29, 1.82) is 0 Å². The minimum Gasteiger partial charge on any atom is -0.354 e. The van der Waals surface area contributed by atoms with E-state index in [-0.39, 0.29) is 11.2 Å². The summed E-state index contributed by atoms with van der Waals surface area (Å²) >= 11 is 0. The average Bonchev–Trinajstić information content (AvgIpc) is 2.86. The molecule has 1 aliphatic rings. The molecule has 0 bridgehead atoms. The Kier molecular flexibility index (Phi) is 2.32. The highest BCUT2D eigenvalue weighted by molar-refractivity contribution is 5.86. The highest BCUT2D eigenvalue weighted by Crippen LogP contribution is 2.23. The summed E-state index contributed by atoms with van der Waals surface area (Å²) in [6, 6.07) is 3.31. The molecule has 17 heavy (non-hydrogen) atoms. The van der Waals surface area contributed by atoms with E-state index in [1.54, 1.807) is 12.1 Å². The Balaban J connectivity index is 2.11. The van der Waals surface area contributed by atoms with Gasteiger partial charge in [0.05, 0.1) is 5.52 Å². The molecule has 1 saturated heterocycles. The number of nitrogens with one attached hydrogen (secondary N) is 2. The van der Waals surface area contributed by atoms with Crippen molar-refractivity contribution in [2.75, 3.05) is 13.1 Å². The van der Waals surface area contributed by atoms with Gasteiger partial charge in [0.1, 0.15) is 11.2 Å². The van der Waals surface area contributed by atoms with Crippen LogP contribution in [-0.4, -0.2) is 29.0 Å². The Morgan fingerprint density at radius 3 is 2.71 bits per heavy atom. The number of fused-ring (bicyclic) bond motifs is 1. The van der Waals surface area contributed by atoms with Crippen LogP contribution in [0.25, 0.3) is 11.0 Å². The van der Waals surface area contributed by atoms with Gasteiger partial charge in [-0.05, 0) is 12.1 Å². The number of hydrogen-bond donors (Lipinski definition) is 2. The van der Waals surface area contributed by atoms with Crippen molar-refractivity contribution in [2.24, 2.45) is 4.99 Å². The van der Waals surface area contributed by atoms with E-state index < -0.39 is 5.82 Å². The summed E-state index contributed by atoms with van der Waals surface area (Å²) < 4.78 is 14.1. The maximum atomic E-state index is 14.1. The molecule has 0 aliphatic carbocycles. The van der Waals surface area contributed by atoms with Gasteiger partial charge in [0.2, 0.25) is 0 Å². The zero-order valence-corrected chi connectivity index (χ0v) is 8.94. The lowest BCUT2D eigenvalue weighted by molar-refractivity contribution is 0.638. The van der Waals surface area contributed by atoms with E-state index >= 15 is 0 Å². The molecule has 0 amide bonds. The first-order valence-electron chi connectivity index (χ1n) is 5.30. The van der Waals surface area contributed by atoms with Crippen LogP contribution in [-0.2, 0) is 0 Å². The molecule has 1 fully saturated rings. The number of benzene rings is 1. The summed E-state index contributed by atoms with van der Waals surface area (Å²) in [4.78, 5) is 12.2. The monoisotopic (exact) mass is 231 g/mol. The van der Waals surface area contributed by atoms with E-state index in [9.17, 15) is 4.39 Å². The third-order valence-electron chi connectivity index (χ3n) is 2.50. The molecule has 1 aliphatic heterocycles. The maximum absolute atomic E-state index is 14.1. The Hall–Kier alpha value is -2.24. The quantitative estimate of drug-likeness (QED) is 0.767. The molecule has 86 valence electrons. The van der Waals surface area contributed by atoms with Crippen LogP contribution in [0.5, 0.6) is 0 Å². The molecule has 3 rings (SSSR count). The molecule has 0 unspecified atom stereocenters. The molecular formula is C11H10FN5. The molecule has 0 radical (unpaired) electrons. The molecule has 1 aromatic carbocycles. The highest BCUT2D eigenvalue weighted by atomic mass is 19.1. The molecule has 2 heterocycles. The normalized spacial score (nSPS) is 14.5. The lowest BCUT2D eigenvalue weighted by Gasteiger charge is -2.02. The topological polar surface area (TPSA) is 62.2 Å². The van der Waals surface area contributed by atoms with Crippen molar-refractivity contribution >= 4 is 22.7 Å². The van der Waals surface area contributed by atoms with Crippen LogP contribution in [0.1, 0.15) is 0 Å². The van der Waals surface area contributed by atoms with Crippen LogP contribution in [0, 0.1) is 5.82 Å². The van der Waals surface area contributed by atoms with E-state index in [0.717, 1.165) is 13.1 Å². The van der Waals surface area contributed by atoms with E-state index in [4.69, 9.17) is 0 Å². The third kappa shape index (κ3) is 1.77. The van der Waals surface area contributed by atoms with Gasteiger partial charge in [-0.1, -0.05) is 0 Å². The average molecular weight is 231 g/mol. The van der Waals surface area contributed by atoms with Crippen molar-refractivity contribution in [3.63, 3.8) is 0 Å². The fourth-order valence-electron chi connectivity index (χ4n) is 1.70. The summed E-state index contributed by atoms with van der Waals surface area (Å²) in [5, 5.41) is 6.03. The van der Waals surface area contributed by atoms with Gasteiger partial charge < -0.3 is 10.6 Å². The van der Waals surface area contributed by atoms with Crippen LogP contribution in [0.15, 0.2) is 29.5 Å². The third-order valence-corrected chi connectivity index (χ3v) is 2.50. The molecule has 6 heteroatoms. The Morgan fingerprint density at radius 1 is 1.12 bits per heavy atom. The molecule has 0 saturated carbocycles. The second kappa shape index (κ2) is 3.97. The zero-order chi connectivity index (χ0) is 11.7. The first-order valence-corrected chi connectivity index (χ1v) is 5.30. The van der Waals surface area contributed by atoms with Crippen LogP contribution < -0.4 is 10.6 Å². The maximum Gasteiger partial charge on any atom is 0.196 e. The van der Waals surface area contributed by atoms with Gasteiger partial charge in [0.25, 0.3) is 0 Å². The predicted molar refractivity (Wildman–Crippen MR) is 62.6 cm³/mol. The van der Waals surface area contributed by atoms with Gasteiger partial charge in [-0.25, -0.2) is 14.4 Å². The largest absolute Gasteiger partial charge is 0.354 e. The van der Waals surface area contributed by atoms with E-state index in [1.165, 1.54) is 12.4 Å². The summed E-state index contributed by atoms with van der Waals surface area (Å²) in [6.07, 6.45) is 3.00. The summed E-state index contributed by atoms with van der Waals surface area (Å²) in [5.74, 6) is 0.144. The number of halogens is 1. The number of hydrogen-bond acceptors (Lipinski definition) is 3. The van der Waals surface area contributed by atoms with E-state index in [0.29, 0.717) is 11.5 Å². The van der Waals surface area contributed by atoms with E-state index in [2.05, 4.69) is 25.6 Å². The fraction of sp³-hybridized carbons (Fsp3) is 0.182. The van der Waals surface area contributed by atoms with E-state index in [1.807, 2.05) is 0 Å². The number of aromatic nitrogens is 2. The van der Waals surface area contributed by atoms with Crippen molar-refractivity contribution in [3.8, 4) is 0 Å². The number of guanidine groups is 1. The summed E-state index contributed by atoms with van der Waals surface area (Å²) in [6.45, 7) is 1.60. The minimum absolute atomic E-state index is 0.243. The first kappa shape index (κ1) is 9.95. The standard InChI is InChI=1S/C11H10FN5/c12-9-7(17-11-15-5-6-16-11)1-2-8-10(9)14-4-3-13-8/h1-4H,5-6H2,(H2,15,16,17). The van der Waals surface area contributed by atoms with Crippen molar-refractivity contribution in [1.82, 2.24) is 20.6 Å². The second-order valence-electron chi connectivity index (χ2n) is 3.64. The SMILES string of the molecule is Fc1c(N=C2NCCN2)ccc2nccnc12. The predicted octanol–water partition coefficient (Wildman–Crippen LogP) is 0.949. The van der Waals surface area contributed by atoms with Crippen LogP contribution >= 0.6 is 0 Å². The first-order chi connectivity index (χ1) is 8.34. The lowest BCUT2D eigenvalue weighted by atomic mass is 10.2. The minimum atomic E-state index is -0.446. The molecule has 0 atom stereocenters. The van der Waals surface area contributed by atoms with Gasteiger partial charge in [0.15, 0.2) is 11.8 Å². The molecule has 0 spiro atoms. The zero-order valence-electron chi connectivity index (χ0n) is 8.94. The molecule has 1 aromatic heterocycles. The lowest BCUT2D eigenvalue weighted by Crippen LogP contribution is -2.23. The van der Waals surface area contributed by atoms with Crippen molar-refractivity contribution < 1.29 is 4.39 Å². The van der Waals surface area contributed by atoms with Gasteiger partial charge in [-0.2, -0.15) is 0 Å². The van der Waals surface area contributed by atoms with Gasteiger partial charge in [-0.15, -0.1) is 0 Å². The highest BCUT2D eigenvalue weighted by Gasteiger charge is 2.11.